The first kappa shape index (κ1) is 12.6. The summed E-state index contributed by atoms with van der Waals surface area (Å²) in [7, 11) is 0. The molecule has 6 heteroatoms. The summed E-state index contributed by atoms with van der Waals surface area (Å²) in [4.78, 5) is 11.6. The number of aliphatic hydroxyl groups is 1. The monoisotopic (exact) mass is 226 g/mol. The molecule has 0 aliphatic heterocycles. The van der Waals surface area contributed by atoms with E-state index < -0.39 is 11.6 Å². The van der Waals surface area contributed by atoms with Crippen LogP contribution in [0, 0.1) is 0 Å². The number of nitrogens with one attached hydrogen (secondary N) is 1. The van der Waals surface area contributed by atoms with Gasteiger partial charge in [0, 0.05) is 12.6 Å². The first-order valence-corrected chi connectivity index (χ1v) is 5.25. The topological polar surface area (TPSA) is 80.0 Å². The molecule has 1 rings (SSSR count). The summed E-state index contributed by atoms with van der Waals surface area (Å²) in [6.45, 7) is 5.70. The Labute approximate surface area is 94.7 Å². The number of carbonyl (C=O) groups excluding carboxylic acids is 1. The van der Waals surface area contributed by atoms with Gasteiger partial charge in [0.15, 0.2) is 0 Å². The predicted molar refractivity (Wildman–Crippen MR) is 58.5 cm³/mol. The fraction of sp³-hybridized carbons (Fsp3) is 0.700. The molecule has 16 heavy (non-hydrogen) atoms. The van der Waals surface area contributed by atoms with Gasteiger partial charge in [-0.15, -0.1) is 5.10 Å². The highest BCUT2D eigenvalue weighted by atomic mass is 16.3. The van der Waals surface area contributed by atoms with Gasteiger partial charge in [-0.3, -0.25) is 9.48 Å². The maximum absolute atomic E-state index is 11.6. The van der Waals surface area contributed by atoms with Gasteiger partial charge in [-0.1, -0.05) is 5.21 Å². The van der Waals surface area contributed by atoms with Gasteiger partial charge in [-0.05, 0) is 20.8 Å². The van der Waals surface area contributed by atoms with Gasteiger partial charge in [0.25, 0.3) is 0 Å². The molecular weight excluding hydrogens is 208 g/mol. The number of hydrogen-bond donors (Lipinski definition) is 2. The van der Waals surface area contributed by atoms with Crippen molar-refractivity contribution >= 4 is 5.91 Å². The lowest BCUT2D eigenvalue weighted by atomic mass is 9.98. The van der Waals surface area contributed by atoms with Crippen molar-refractivity contribution in [3.05, 3.63) is 12.4 Å². The number of amides is 1. The zero-order valence-electron chi connectivity index (χ0n) is 9.84. The number of rotatable bonds is 5. The molecule has 0 aliphatic carbocycles. The van der Waals surface area contributed by atoms with Crippen LogP contribution in [0.5, 0.6) is 0 Å². The van der Waals surface area contributed by atoms with E-state index >= 15 is 0 Å². The van der Waals surface area contributed by atoms with E-state index in [4.69, 9.17) is 0 Å². The summed E-state index contributed by atoms with van der Waals surface area (Å²) in [5, 5.41) is 19.6. The fourth-order valence-corrected chi connectivity index (χ4v) is 1.09. The van der Waals surface area contributed by atoms with E-state index in [9.17, 15) is 9.90 Å². The van der Waals surface area contributed by atoms with Crippen LogP contribution >= 0.6 is 0 Å². The molecule has 0 fully saturated rings. The molecule has 0 spiro atoms. The zero-order chi connectivity index (χ0) is 12.2. The third-order valence-corrected chi connectivity index (χ3v) is 2.55. The van der Waals surface area contributed by atoms with Gasteiger partial charge in [0.05, 0.1) is 24.4 Å². The van der Waals surface area contributed by atoms with Crippen molar-refractivity contribution in [1.82, 2.24) is 20.3 Å². The van der Waals surface area contributed by atoms with Crippen LogP contribution in [-0.2, 0) is 11.3 Å². The second-order valence-electron chi connectivity index (χ2n) is 4.36. The lowest BCUT2D eigenvalue weighted by Gasteiger charge is -2.29. The molecule has 0 saturated carbocycles. The van der Waals surface area contributed by atoms with E-state index in [1.807, 2.05) is 0 Å². The van der Waals surface area contributed by atoms with Crippen LogP contribution in [0.4, 0.5) is 0 Å². The summed E-state index contributed by atoms with van der Waals surface area (Å²) in [5.41, 5.74) is -0.612. The highest BCUT2D eigenvalue weighted by Gasteiger charge is 2.25. The Bertz CT molecular complexity index is 333. The predicted octanol–water partition coefficient (Wildman–Crippen LogP) is -0.0562. The second-order valence-corrected chi connectivity index (χ2v) is 4.36. The van der Waals surface area contributed by atoms with E-state index in [0.29, 0.717) is 13.0 Å². The maximum Gasteiger partial charge on any atom is 0.222 e. The van der Waals surface area contributed by atoms with Crippen LogP contribution in [0.3, 0.4) is 0 Å². The summed E-state index contributed by atoms with van der Waals surface area (Å²) < 4.78 is 1.59. The van der Waals surface area contributed by atoms with Crippen molar-refractivity contribution in [2.45, 2.75) is 45.4 Å². The quantitative estimate of drug-likeness (QED) is 0.737. The number of aliphatic hydroxyl groups excluding tert-OH is 1. The minimum atomic E-state index is -0.612. The highest BCUT2D eigenvalue weighted by Crippen LogP contribution is 2.08. The van der Waals surface area contributed by atoms with E-state index in [1.165, 1.54) is 0 Å². The summed E-state index contributed by atoms with van der Waals surface area (Å²) in [5.74, 6) is -0.110. The van der Waals surface area contributed by atoms with E-state index in [-0.39, 0.29) is 5.91 Å². The Morgan fingerprint density at radius 1 is 1.62 bits per heavy atom. The third-order valence-electron chi connectivity index (χ3n) is 2.55. The van der Waals surface area contributed by atoms with Gasteiger partial charge < -0.3 is 10.4 Å². The highest BCUT2D eigenvalue weighted by molar-refractivity contribution is 5.76. The van der Waals surface area contributed by atoms with E-state index in [0.717, 1.165) is 0 Å². The summed E-state index contributed by atoms with van der Waals surface area (Å²) in [6, 6.07) is 0. The van der Waals surface area contributed by atoms with Crippen LogP contribution in [0.15, 0.2) is 12.4 Å². The average Bonchev–Trinajstić information content (AvgIpc) is 2.66. The van der Waals surface area contributed by atoms with Crippen molar-refractivity contribution in [2.75, 3.05) is 0 Å². The van der Waals surface area contributed by atoms with E-state index in [2.05, 4.69) is 15.6 Å². The minimum absolute atomic E-state index is 0.110. The lowest BCUT2D eigenvalue weighted by molar-refractivity contribution is -0.124. The molecule has 1 unspecified atom stereocenters. The Hall–Kier alpha value is -1.43. The van der Waals surface area contributed by atoms with Crippen LogP contribution in [0.25, 0.3) is 0 Å². The molecule has 90 valence electrons. The van der Waals surface area contributed by atoms with Crippen molar-refractivity contribution < 1.29 is 9.90 Å². The van der Waals surface area contributed by atoms with Crippen LogP contribution in [-0.4, -0.2) is 37.7 Å². The van der Waals surface area contributed by atoms with Crippen molar-refractivity contribution in [3.63, 3.8) is 0 Å². The molecule has 2 N–H and O–H groups in total. The summed E-state index contributed by atoms with van der Waals surface area (Å²) in [6.07, 6.45) is 2.99. The zero-order valence-corrected chi connectivity index (χ0v) is 9.84. The minimum Gasteiger partial charge on any atom is -0.391 e. The van der Waals surface area contributed by atoms with Crippen LogP contribution < -0.4 is 5.32 Å². The molecule has 1 aromatic heterocycles. The fourth-order valence-electron chi connectivity index (χ4n) is 1.09. The maximum atomic E-state index is 11.6. The van der Waals surface area contributed by atoms with Crippen LogP contribution in [0.1, 0.15) is 27.2 Å². The molecule has 0 radical (unpaired) electrons. The molecule has 1 atom stereocenters. The van der Waals surface area contributed by atoms with Crippen molar-refractivity contribution in [1.29, 1.82) is 0 Å². The smallest absolute Gasteiger partial charge is 0.222 e. The Kier molecular flexibility index (Phi) is 4.00. The molecule has 1 heterocycles. The standard InChI is InChI=1S/C10H18N4O2/c1-8(15)10(2,3)12-9(16)4-6-14-7-5-11-13-14/h5,7-8,15H,4,6H2,1-3H3,(H,12,16). The molecule has 0 saturated heterocycles. The molecule has 0 aliphatic rings. The molecule has 1 aromatic rings. The average molecular weight is 226 g/mol. The SMILES string of the molecule is CC(O)C(C)(C)NC(=O)CCn1ccnn1. The molecule has 1 amide bonds. The number of aromatic nitrogens is 3. The van der Waals surface area contributed by atoms with Crippen molar-refractivity contribution in [2.24, 2.45) is 0 Å². The molecule has 0 aromatic carbocycles. The number of carbonyl (C=O) groups is 1. The second kappa shape index (κ2) is 5.07. The molecule has 0 bridgehead atoms. The largest absolute Gasteiger partial charge is 0.391 e. The normalized spacial score (nSPS) is 13.5. The van der Waals surface area contributed by atoms with Gasteiger partial charge in [0.2, 0.25) is 5.91 Å². The lowest BCUT2D eigenvalue weighted by Crippen LogP contribution is -2.51. The number of aryl methyl sites for hydroxylation is 1. The summed E-state index contributed by atoms with van der Waals surface area (Å²) >= 11 is 0. The number of hydrogen-bond acceptors (Lipinski definition) is 4. The third kappa shape index (κ3) is 3.62. The first-order valence-electron chi connectivity index (χ1n) is 5.25. The first-order chi connectivity index (χ1) is 7.42. The Morgan fingerprint density at radius 2 is 2.31 bits per heavy atom. The van der Waals surface area contributed by atoms with Gasteiger partial charge in [0.1, 0.15) is 0 Å². The van der Waals surface area contributed by atoms with E-state index in [1.54, 1.807) is 37.8 Å². The van der Waals surface area contributed by atoms with Crippen molar-refractivity contribution in [3.8, 4) is 0 Å². The molecular formula is C10H18N4O2. The van der Waals surface area contributed by atoms with Crippen LogP contribution in [0.2, 0.25) is 0 Å². The number of nitrogens with zero attached hydrogens (tertiary/aromatic N) is 3. The van der Waals surface area contributed by atoms with Gasteiger partial charge in [-0.2, -0.15) is 0 Å². The Balaban J connectivity index is 2.36. The van der Waals surface area contributed by atoms with Gasteiger partial charge >= 0.3 is 0 Å². The molecule has 6 nitrogen and oxygen atoms in total. The Morgan fingerprint density at radius 3 is 2.81 bits per heavy atom. The van der Waals surface area contributed by atoms with Gasteiger partial charge in [-0.25, -0.2) is 0 Å².